The number of fused-ring (bicyclic) bond motifs is 4. The Kier molecular flexibility index (Phi) is 3.84. The minimum absolute atomic E-state index is 0.921. The molecule has 3 heteroatoms. The number of H-pyrrole nitrogens is 1. The molecule has 33 heavy (non-hydrogen) atoms. The highest BCUT2D eigenvalue weighted by Gasteiger charge is 2.11. The fourth-order valence-corrected chi connectivity index (χ4v) is 4.67. The molecule has 0 unspecified atom stereocenters. The summed E-state index contributed by atoms with van der Waals surface area (Å²) in [5, 5.41) is 5.79. The van der Waals surface area contributed by atoms with Gasteiger partial charge in [0.25, 0.3) is 0 Å². The lowest BCUT2D eigenvalue weighted by molar-refractivity contribution is 0.669. The van der Waals surface area contributed by atoms with Crippen molar-refractivity contribution in [2.45, 2.75) is 0 Å². The molecule has 0 bridgehead atoms. The average Bonchev–Trinajstić information content (AvgIpc) is 3.23. The zero-order chi connectivity index (χ0) is 21.8. The normalized spacial score (nSPS) is 11.6. The Hall–Kier alpha value is -4.50. The fourth-order valence-electron chi connectivity index (χ4n) is 4.67. The van der Waals surface area contributed by atoms with Crippen LogP contribution in [0.15, 0.2) is 120 Å². The molecule has 3 nitrogen and oxygen atoms in total. The molecule has 0 saturated heterocycles. The molecule has 0 saturated carbocycles. The van der Waals surface area contributed by atoms with Gasteiger partial charge in [0.1, 0.15) is 11.2 Å². The third-order valence-corrected chi connectivity index (χ3v) is 6.41. The molecule has 0 aliphatic carbocycles. The van der Waals surface area contributed by atoms with Gasteiger partial charge in [-0.3, -0.25) is 9.78 Å². The van der Waals surface area contributed by atoms with Crippen molar-refractivity contribution in [3.8, 4) is 27.9 Å². The monoisotopic (exact) mass is 424 g/mol. The molecular formula is C30H20N2O. The number of hydrogen-bond acceptors (Lipinski definition) is 1. The van der Waals surface area contributed by atoms with E-state index in [-0.39, 0.29) is 0 Å². The first-order chi connectivity index (χ1) is 16.3. The van der Waals surface area contributed by atoms with E-state index in [0.717, 1.165) is 38.7 Å². The van der Waals surface area contributed by atoms with Gasteiger partial charge in [0.2, 0.25) is 0 Å². The second kappa shape index (κ2) is 7.01. The van der Waals surface area contributed by atoms with Gasteiger partial charge in [0.05, 0.1) is 16.7 Å². The lowest BCUT2D eigenvalue weighted by Gasteiger charge is -2.18. The van der Waals surface area contributed by atoms with Gasteiger partial charge in [-0.15, -0.1) is 0 Å². The summed E-state index contributed by atoms with van der Waals surface area (Å²) in [6, 6.07) is 40.3. The predicted octanol–water partition coefficient (Wildman–Crippen LogP) is 8.19. The van der Waals surface area contributed by atoms with E-state index >= 15 is 0 Å². The lowest BCUT2D eigenvalue weighted by Crippen LogP contribution is -2.08. The second-order valence-corrected chi connectivity index (χ2v) is 8.40. The van der Waals surface area contributed by atoms with Crippen molar-refractivity contribution in [3.63, 3.8) is 0 Å². The predicted molar refractivity (Wildman–Crippen MR) is 136 cm³/mol. The highest BCUT2D eigenvalue weighted by atomic mass is 16.3. The molecule has 7 rings (SSSR count). The number of para-hydroxylation sites is 1. The Morgan fingerprint density at radius 2 is 1.18 bits per heavy atom. The van der Waals surface area contributed by atoms with E-state index in [9.17, 15) is 0 Å². The van der Waals surface area contributed by atoms with Gasteiger partial charge in [0.15, 0.2) is 0 Å². The smallest absolute Gasteiger partial charge is 0.136 e. The Morgan fingerprint density at radius 3 is 2.03 bits per heavy atom. The van der Waals surface area contributed by atoms with Crippen LogP contribution in [0.25, 0.3) is 60.9 Å². The average molecular weight is 425 g/mol. The Labute approximate surface area is 190 Å². The maximum atomic E-state index is 6.08. The van der Waals surface area contributed by atoms with Crippen molar-refractivity contribution in [1.29, 1.82) is 0 Å². The molecule has 0 spiro atoms. The molecule has 0 fully saturated rings. The Bertz CT molecular complexity index is 1750. The highest BCUT2D eigenvalue weighted by molar-refractivity contribution is 6.06. The number of furan rings is 1. The van der Waals surface area contributed by atoms with Gasteiger partial charge in [-0.2, -0.15) is 0 Å². The summed E-state index contributed by atoms with van der Waals surface area (Å²) in [6.07, 6.45) is 0. The van der Waals surface area contributed by atoms with Crippen molar-refractivity contribution < 1.29 is 4.42 Å². The first-order valence-corrected chi connectivity index (χ1v) is 11.1. The van der Waals surface area contributed by atoms with Crippen LogP contribution < -0.4 is 0 Å². The van der Waals surface area contributed by atoms with Gasteiger partial charge in [0, 0.05) is 10.8 Å². The van der Waals surface area contributed by atoms with Crippen LogP contribution in [-0.2, 0) is 0 Å². The van der Waals surface area contributed by atoms with Gasteiger partial charge in [-0.25, -0.2) is 0 Å². The third-order valence-electron chi connectivity index (χ3n) is 6.41. The van der Waals surface area contributed by atoms with E-state index < -0.39 is 0 Å². The zero-order valence-corrected chi connectivity index (χ0v) is 17.8. The van der Waals surface area contributed by atoms with Crippen LogP contribution in [0.1, 0.15) is 0 Å². The van der Waals surface area contributed by atoms with Crippen LogP contribution in [0.3, 0.4) is 0 Å². The van der Waals surface area contributed by atoms with Crippen molar-refractivity contribution in [3.05, 3.63) is 115 Å². The molecule has 0 aliphatic rings. The standard InChI is InChI=1S/C30H20N2O/c1-2-6-20(7-3-1)21-10-14-24(15-11-21)32-28-17-13-22(18-27(28)31-32)23-12-16-26-25-8-4-5-9-29(25)33-30(26)19-23/h1-19,31H. The molecule has 2 heterocycles. The van der Waals surface area contributed by atoms with E-state index in [4.69, 9.17) is 4.42 Å². The fraction of sp³-hybridized carbons (Fsp3) is 0. The third kappa shape index (κ3) is 2.90. The van der Waals surface area contributed by atoms with Crippen LogP contribution in [0.5, 0.6) is 0 Å². The van der Waals surface area contributed by atoms with Crippen molar-refractivity contribution in [1.82, 2.24) is 9.78 Å². The van der Waals surface area contributed by atoms with Crippen molar-refractivity contribution >= 4 is 33.0 Å². The van der Waals surface area contributed by atoms with Crippen LogP contribution in [0, 0.1) is 0 Å². The van der Waals surface area contributed by atoms with E-state index in [0.29, 0.717) is 0 Å². The molecule has 156 valence electrons. The van der Waals surface area contributed by atoms with Gasteiger partial charge in [-0.1, -0.05) is 72.8 Å². The van der Waals surface area contributed by atoms with Crippen LogP contribution in [-0.4, -0.2) is 9.78 Å². The minimum atomic E-state index is 0.921. The Balaban J connectivity index is 1.22. The number of rotatable bonds is 3. The summed E-state index contributed by atoms with van der Waals surface area (Å²) in [4.78, 5) is 0. The summed E-state index contributed by atoms with van der Waals surface area (Å²) in [7, 11) is 0. The van der Waals surface area contributed by atoms with Crippen molar-refractivity contribution in [2.24, 2.45) is 0 Å². The number of benzene rings is 5. The molecular weight excluding hydrogens is 404 g/mol. The summed E-state index contributed by atoms with van der Waals surface area (Å²) in [5.41, 5.74) is 10.0. The molecule has 2 aromatic heterocycles. The van der Waals surface area contributed by atoms with Gasteiger partial charge < -0.3 is 4.42 Å². The van der Waals surface area contributed by atoms with Gasteiger partial charge >= 0.3 is 0 Å². The molecule has 0 amide bonds. The zero-order valence-electron chi connectivity index (χ0n) is 17.8. The molecule has 7 aromatic rings. The molecule has 1 N–H and O–H groups in total. The molecule has 0 radical (unpaired) electrons. The first kappa shape index (κ1) is 18.1. The Morgan fingerprint density at radius 1 is 0.515 bits per heavy atom. The maximum Gasteiger partial charge on any atom is 0.136 e. The minimum Gasteiger partial charge on any atom is -0.456 e. The number of aromatic amines is 1. The quantitative estimate of drug-likeness (QED) is 0.305. The van der Waals surface area contributed by atoms with Crippen LogP contribution in [0.4, 0.5) is 0 Å². The second-order valence-electron chi connectivity index (χ2n) is 8.40. The van der Waals surface area contributed by atoms with Crippen molar-refractivity contribution in [2.75, 3.05) is 0 Å². The molecule has 5 aromatic carbocycles. The SMILES string of the molecule is c1ccc(-c2ccc(-n3[nH]c4cc(-c5ccc6c(c5)oc5ccccc56)ccc43)cc2)cc1. The van der Waals surface area contributed by atoms with Crippen LogP contribution >= 0.6 is 0 Å². The van der Waals surface area contributed by atoms with Gasteiger partial charge in [-0.05, 0) is 64.7 Å². The maximum absolute atomic E-state index is 6.08. The number of nitrogens with zero attached hydrogens (tertiary/aromatic N) is 1. The molecule has 0 aliphatic heterocycles. The van der Waals surface area contributed by atoms with E-state index in [1.165, 1.54) is 22.2 Å². The number of nitrogens with one attached hydrogen (secondary N) is 1. The summed E-state index contributed by atoms with van der Waals surface area (Å²) in [5.74, 6) is 0. The topological polar surface area (TPSA) is 33.9 Å². The summed E-state index contributed by atoms with van der Waals surface area (Å²) >= 11 is 0. The van der Waals surface area contributed by atoms with E-state index in [1.807, 2.05) is 18.2 Å². The largest absolute Gasteiger partial charge is 0.456 e. The highest BCUT2D eigenvalue weighted by Crippen LogP contribution is 2.33. The van der Waals surface area contributed by atoms with E-state index in [1.54, 1.807) is 0 Å². The molecule has 0 atom stereocenters. The van der Waals surface area contributed by atoms with E-state index in [2.05, 4.69) is 107 Å². The first-order valence-electron chi connectivity index (χ1n) is 11.1. The lowest BCUT2D eigenvalue weighted by atomic mass is 10.0. The summed E-state index contributed by atoms with van der Waals surface area (Å²) < 4.78 is 8.20. The number of hydrogen-bond donors (Lipinski definition) is 1. The number of aromatic nitrogens is 2. The summed E-state index contributed by atoms with van der Waals surface area (Å²) in [6.45, 7) is 0. The van der Waals surface area contributed by atoms with Crippen LogP contribution in [0.2, 0.25) is 0 Å².